The van der Waals surface area contributed by atoms with Gasteiger partial charge in [0.2, 0.25) is 0 Å². The van der Waals surface area contributed by atoms with E-state index in [2.05, 4.69) is 11.6 Å². The molecule has 0 spiro atoms. The van der Waals surface area contributed by atoms with Crippen LogP contribution in [-0.4, -0.2) is 31.7 Å². The van der Waals surface area contributed by atoms with E-state index < -0.39 is 0 Å². The lowest BCUT2D eigenvalue weighted by molar-refractivity contribution is -0.120. The number of anilines is 1. The second kappa shape index (κ2) is 8.01. The number of nitrogens with zero attached hydrogens (tertiary/aromatic N) is 2. The predicted molar refractivity (Wildman–Crippen MR) is 105 cm³/mol. The first-order valence-electron chi connectivity index (χ1n) is 8.15. The minimum atomic E-state index is -0.179. The summed E-state index contributed by atoms with van der Waals surface area (Å²) < 4.78 is 12.1. The van der Waals surface area contributed by atoms with E-state index >= 15 is 0 Å². The van der Waals surface area contributed by atoms with Gasteiger partial charge in [-0.05, 0) is 36.2 Å². The number of benzene rings is 2. The second-order valence-corrected chi connectivity index (χ2v) is 6.69. The quantitative estimate of drug-likeness (QED) is 0.590. The molecule has 0 N–H and O–H groups in total. The molecule has 3 rings (SSSR count). The molecule has 2 aromatic carbocycles. The lowest BCUT2D eigenvalue weighted by Crippen LogP contribution is -2.31. The average Bonchev–Trinajstić information content (AvgIpc) is 3.10. The summed E-state index contributed by atoms with van der Waals surface area (Å²) in [5.41, 5.74) is 1.95. The number of likely N-dealkylation sites (N-methyl/N-ethyl adjacent to an activating group) is 1. The maximum Gasteiger partial charge on any atom is 0.266 e. The summed E-state index contributed by atoms with van der Waals surface area (Å²) >= 11 is 1.47. The number of rotatable bonds is 7. The molecule has 0 fully saturated rings. The van der Waals surface area contributed by atoms with Crippen molar-refractivity contribution in [2.45, 2.75) is 6.42 Å². The Morgan fingerprint density at radius 2 is 2.08 bits per heavy atom. The predicted octanol–water partition coefficient (Wildman–Crippen LogP) is 4.08. The van der Waals surface area contributed by atoms with E-state index in [0.29, 0.717) is 16.6 Å². The van der Waals surface area contributed by atoms with Crippen LogP contribution in [0.25, 0.3) is 10.2 Å². The number of fused-ring (bicyclic) bond motifs is 1. The highest BCUT2D eigenvalue weighted by molar-refractivity contribution is 7.22. The van der Waals surface area contributed by atoms with Crippen LogP contribution in [0.3, 0.4) is 0 Å². The fourth-order valence-corrected chi connectivity index (χ4v) is 3.42. The number of carbonyl (C=O) groups is 1. The van der Waals surface area contributed by atoms with Crippen LogP contribution in [0.1, 0.15) is 5.56 Å². The molecular formula is C20H20N2O3S. The van der Waals surface area contributed by atoms with Gasteiger partial charge in [-0.3, -0.25) is 9.69 Å². The average molecular weight is 368 g/mol. The molecule has 0 aliphatic heterocycles. The third-order valence-corrected chi connectivity index (χ3v) is 5.02. The van der Waals surface area contributed by atoms with Gasteiger partial charge >= 0.3 is 0 Å². The Balaban J connectivity index is 1.69. The number of hydrogen-bond acceptors (Lipinski definition) is 5. The van der Waals surface area contributed by atoms with Gasteiger partial charge in [0.05, 0.1) is 17.3 Å². The number of hydrogen-bond donors (Lipinski definition) is 0. The molecular weight excluding hydrogens is 348 g/mol. The van der Waals surface area contributed by atoms with Crippen LogP contribution in [0, 0.1) is 0 Å². The molecule has 26 heavy (non-hydrogen) atoms. The molecule has 1 heterocycles. The number of aromatic nitrogens is 1. The molecule has 0 saturated carbocycles. The summed E-state index contributed by atoms with van der Waals surface area (Å²) in [5, 5.41) is 0.646. The first-order valence-corrected chi connectivity index (χ1v) is 8.96. The fourth-order valence-electron chi connectivity index (χ4n) is 2.47. The SMILES string of the molecule is C=CCc1ccc(OCC(=O)N(C)c2nc3ccccc3s2)c(OC)c1. The van der Waals surface area contributed by atoms with E-state index in [-0.39, 0.29) is 12.5 Å². The maximum atomic E-state index is 12.5. The second-order valence-electron chi connectivity index (χ2n) is 5.68. The van der Waals surface area contributed by atoms with Crippen LogP contribution in [0.15, 0.2) is 55.1 Å². The van der Waals surface area contributed by atoms with Crippen molar-refractivity contribution in [1.29, 1.82) is 0 Å². The van der Waals surface area contributed by atoms with Gasteiger partial charge in [0.15, 0.2) is 23.2 Å². The molecule has 3 aromatic rings. The molecule has 0 unspecified atom stereocenters. The van der Waals surface area contributed by atoms with Gasteiger partial charge in [-0.2, -0.15) is 0 Å². The molecule has 6 heteroatoms. The Kier molecular flexibility index (Phi) is 5.53. The molecule has 0 aliphatic rings. The first-order chi connectivity index (χ1) is 12.6. The van der Waals surface area contributed by atoms with E-state index in [1.54, 1.807) is 14.2 Å². The third-order valence-electron chi connectivity index (χ3n) is 3.90. The summed E-state index contributed by atoms with van der Waals surface area (Å²) in [6.07, 6.45) is 2.57. The normalized spacial score (nSPS) is 10.5. The zero-order chi connectivity index (χ0) is 18.5. The Morgan fingerprint density at radius 1 is 1.27 bits per heavy atom. The molecule has 0 atom stereocenters. The molecule has 1 amide bonds. The van der Waals surface area contributed by atoms with Crippen LogP contribution in [0.5, 0.6) is 11.5 Å². The fraction of sp³-hybridized carbons (Fsp3) is 0.200. The molecule has 0 saturated heterocycles. The minimum Gasteiger partial charge on any atom is -0.493 e. The summed E-state index contributed by atoms with van der Waals surface area (Å²) in [6.45, 7) is 3.64. The van der Waals surface area contributed by atoms with Crippen LogP contribution in [0.4, 0.5) is 5.13 Å². The summed E-state index contributed by atoms with van der Waals surface area (Å²) in [4.78, 5) is 18.5. The largest absolute Gasteiger partial charge is 0.493 e. The van der Waals surface area contributed by atoms with E-state index in [9.17, 15) is 4.79 Å². The Hall–Kier alpha value is -2.86. The van der Waals surface area contributed by atoms with Crippen molar-refractivity contribution in [1.82, 2.24) is 4.98 Å². The van der Waals surface area contributed by atoms with E-state index in [4.69, 9.17) is 9.47 Å². The van der Waals surface area contributed by atoms with Gasteiger partial charge in [-0.25, -0.2) is 4.98 Å². The number of carbonyl (C=O) groups excluding carboxylic acids is 1. The molecule has 0 bridgehead atoms. The third kappa shape index (κ3) is 3.86. The highest BCUT2D eigenvalue weighted by Gasteiger charge is 2.17. The number of thiazole rings is 1. The Bertz CT molecular complexity index is 903. The highest BCUT2D eigenvalue weighted by atomic mass is 32.1. The first kappa shape index (κ1) is 17.9. The van der Waals surface area contributed by atoms with Crippen LogP contribution < -0.4 is 14.4 Å². The van der Waals surface area contributed by atoms with E-state index in [1.165, 1.54) is 16.2 Å². The van der Waals surface area contributed by atoms with Crippen LogP contribution in [-0.2, 0) is 11.2 Å². The number of para-hydroxylation sites is 1. The number of allylic oxidation sites excluding steroid dienone is 1. The molecule has 0 aliphatic carbocycles. The highest BCUT2D eigenvalue weighted by Crippen LogP contribution is 2.30. The molecule has 1 aromatic heterocycles. The Labute approximate surface area is 156 Å². The van der Waals surface area contributed by atoms with Crippen LogP contribution >= 0.6 is 11.3 Å². The molecule has 134 valence electrons. The number of ether oxygens (including phenoxy) is 2. The van der Waals surface area contributed by atoms with Crippen molar-refractivity contribution in [3.8, 4) is 11.5 Å². The summed E-state index contributed by atoms with van der Waals surface area (Å²) in [6, 6.07) is 13.4. The smallest absolute Gasteiger partial charge is 0.266 e. The maximum absolute atomic E-state index is 12.5. The number of methoxy groups -OCH3 is 1. The summed E-state index contributed by atoms with van der Waals surface area (Å²) in [7, 11) is 3.28. The van der Waals surface area contributed by atoms with Gasteiger partial charge in [0, 0.05) is 7.05 Å². The Morgan fingerprint density at radius 3 is 2.81 bits per heavy atom. The standard InChI is InChI=1S/C20H20N2O3S/c1-4-7-14-10-11-16(17(12-14)24-3)25-13-19(23)22(2)20-21-15-8-5-6-9-18(15)26-20/h4-6,8-12H,1,7,13H2,2-3H3. The zero-order valence-electron chi connectivity index (χ0n) is 14.8. The monoisotopic (exact) mass is 368 g/mol. The molecule has 5 nitrogen and oxygen atoms in total. The van der Waals surface area contributed by atoms with Crippen molar-refractivity contribution in [3.05, 3.63) is 60.7 Å². The van der Waals surface area contributed by atoms with Gasteiger partial charge in [-0.1, -0.05) is 35.6 Å². The van der Waals surface area contributed by atoms with Gasteiger partial charge < -0.3 is 9.47 Å². The van der Waals surface area contributed by atoms with E-state index in [1.807, 2.05) is 48.5 Å². The van der Waals surface area contributed by atoms with E-state index in [0.717, 1.165) is 22.2 Å². The van der Waals surface area contributed by atoms with Crippen molar-refractivity contribution < 1.29 is 14.3 Å². The van der Waals surface area contributed by atoms with Crippen molar-refractivity contribution >= 4 is 32.6 Å². The topological polar surface area (TPSA) is 51.7 Å². The lowest BCUT2D eigenvalue weighted by Gasteiger charge is -2.15. The molecule has 0 radical (unpaired) electrons. The van der Waals surface area contributed by atoms with Crippen molar-refractivity contribution in [2.75, 3.05) is 25.7 Å². The number of amides is 1. The van der Waals surface area contributed by atoms with Crippen molar-refractivity contribution in [2.24, 2.45) is 0 Å². The van der Waals surface area contributed by atoms with Crippen LogP contribution in [0.2, 0.25) is 0 Å². The summed E-state index contributed by atoms with van der Waals surface area (Å²) in [5.74, 6) is 0.951. The minimum absolute atomic E-state index is 0.0937. The van der Waals surface area contributed by atoms with Crippen molar-refractivity contribution in [3.63, 3.8) is 0 Å². The van der Waals surface area contributed by atoms with Gasteiger partial charge in [-0.15, -0.1) is 6.58 Å². The zero-order valence-corrected chi connectivity index (χ0v) is 15.6. The lowest BCUT2D eigenvalue weighted by atomic mass is 10.1. The van der Waals surface area contributed by atoms with Gasteiger partial charge in [0.1, 0.15) is 0 Å². The van der Waals surface area contributed by atoms with Gasteiger partial charge in [0.25, 0.3) is 5.91 Å².